The molecule has 31 heavy (non-hydrogen) atoms. The lowest BCUT2D eigenvalue weighted by Gasteiger charge is -2.16. The van der Waals surface area contributed by atoms with Crippen molar-refractivity contribution >= 4 is 67.9 Å². The van der Waals surface area contributed by atoms with Gasteiger partial charge in [0.1, 0.15) is 0 Å². The van der Waals surface area contributed by atoms with Crippen molar-refractivity contribution < 1.29 is 23.8 Å². The Bertz CT molecular complexity index is 1070. The summed E-state index contributed by atoms with van der Waals surface area (Å²) in [7, 11) is 1.50. The van der Waals surface area contributed by atoms with Gasteiger partial charge in [-0.3, -0.25) is 9.69 Å². The lowest BCUT2D eigenvalue weighted by Crippen LogP contribution is -2.28. The molecule has 0 unspecified atom stereocenters. The third-order valence-corrected chi connectivity index (χ3v) is 6.23. The van der Waals surface area contributed by atoms with Gasteiger partial charge in [0.2, 0.25) is 0 Å². The van der Waals surface area contributed by atoms with E-state index >= 15 is 0 Å². The van der Waals surface area contributed by atoms with E-state index in [1.165, 1.54) is 18.9 Å². The number of carbonyl (C=O) groups excluding carboxylic acids is 2. The third kappa shape index (κ3) is 5.28. The highest BCUT2D eigenvalue weighted by atomic mass is 79.9. The van der Waals surface area contributed by atoms with Gasteiger partial charge in [0, 0.05) is 0 Å². The zero-order valence-corrected chi connectivity index (χ0v) is 20.4. The molecular weight excluding hydrogens is 502 g/mol. The van der Waals surface area contributed by atoms with Crippen molar-refractivity contribution in [3.8, 4) is 11.5 Å². The minimum atomic E-state index is -0.472. The van der Waals surface area contributed by atoms with Crippen LogP contribution in [0.1, 0.15) is 18.1 Å². The van der Waals surface area contributed by atoms with Gasteiger partial charge in [0.15, 0.2) is 22.4 Å². The molecule has 9 heteroatoms. The number of amides is 1. The molecule has 162 valence electrons. The summed E-state index contributed by atoms with van der Waals surface area (Å²) in [6.07, 6.45) is 1.75. The van der Waals surface area contributed by atoms with Crippen LogP contribution in [0.4, 0.5) is 5.69 Å². The molecule has 3 rings (SSSR count). The van der Waals surface area contributed by atoms with Crippen molar-refractivity contribution in [2.45, 2.75) is 13.8 Å². The molecule has 1 fully saturated rings. The van der Waals surface area contributed by atoms with Crippen molar-refractivity contribution in [2.75, 3.05) is 25.2 Å². The summed E-state index contributed by atoms with van der Waals surface area (Å²) in [5, 5.41) is 0. The fourth-order valence-corrected chi connectivity index (χ4v) is 4.80. The molecule has 1 heterocycles. The largest absolute Gasteiger partial charge is 0.493 e. The van der Waals surface area contributed by atoms with Gasteiger partial charge in [-0.05, 0) is 65.2 Å². The molecule has 0 aliphatic carbocycles. The number of aryl methyl sites for hydroxylation is 1. The number of hydrogen-bond acceptors (Lipinski definition) is 7. The Morgan fingerprint density at radius 1 is 1.29 bits per heavy atom. The van der Waals surface area contributed by atoms with Gasteiger partial charge < -0.3 is 14.2 Å². The van der Waals surface area contributed by atoms with Crippen molar-refractivity contribution in [3.63, 3.8) is 0 Å². The van der Waals surface area contributed by atoms with Crippen LogP contribution in [0.15, 0.2) is 45.8 Å². The Labute approximate surface area is 198 Å². The number of anilines is 1. The maximum absolute atomic E-state index is 13.0. The first-order valence-corrected chi connectivity index (χ1v) is 11.4. The van der Waals surface area contributed by atoms with Crippen LogP contribution >= 0.6 is 39.9 Å². The third-order valence-electron chi connectivity index (χ3n) is 4.34. The second-order valence-electron chi connectivity index (χ2n) is 6.43. The first-order chi connectivity index (χ1) is 14.8. The van der Waals surface area contributed by atoms with Crippen LogP contribution in [-0.2, 0) is 14.3 Å². The maximum Gasteiger partial charge on any atom is 0.344 e. The molecule has 2 aromatic carbocycles. The summed E-state index contributed by atoms with van der Waals surface area (Å²) in [5.74, 6) is 0.141. The van der Waals surface area contributed by atoms with Crippen molar-refractivity contribution in [2.24, 2.45) is 0 Å². The lowest BCUT2D eigenvalue weighted by molar-refractivity contribution is -0.145. The second-order valence-corrected chi connectivity index (χ2v) is 8.96. The molecule has 1 aliphatic rings. The number of methoxy groups -OCH3 is 1. The minimum Gasteiger partial charge on any atom is -0.493 e. The Morgan fingerprint density at radius 2 is 2.03 bits per heavy atom. The number of halogens is 1. The standard InChI is InChI=1S/C22H20BrNO5S2/c1-4-28-19(25)12-29-20-15(23)9-14(10-17(20)27-3)11-18-21(26)24(22(30)31-18)16-8-6-5-7-13(16)2/h5-11H,4,12H2,1-3H3/b18-11+. The molecule has 0 aromatic heterocycles. The number of benzene rings is 2. The van der Waals surface area contributed by atoms with E-state index < -0.39 is 5.97 Å². The fraction of sp³-hybridized carbons (Fsp3) is 0.227. The molecule has 2 aromatic rings. The van der Waals surface area contributed by atoms with Gasteiger partial charge in [-0.1, -0.05) is 42.2 Å². The summed E-state index contributed by atoms with van der Waals surface area (Å²) in [6.45, 7) is 3.71. The highest BCUT2D eigenvalue weighted by Gasteiger charge is 2.34. The number of esters is 1. The predicted octanol–water partition coefficient (Wildman–Crippen LogP) is 5.11. The van der Waals surface area contributed by atoms with E-state index in [4.69, 9.17) is 26.4 Å². The van der Waals surface area contributed by atoms with E-state index in [2.05, 4.69) is 15.9 Å². The predicted molar refractivity (Wildman–Crippen MR) is 130 cm³/mol. The number of thiocarbonyl (C=S) groups is 1. The van der Waals surface area contributed by atoms with Gasteiger partial charge in [0.25, 0.3) is 5.91 Å². The van der Waals surface area contributed by atoms with Crippen LogP contribution in [0.3, 0.4) is 0 Å². The summed E-state index contributed by atoms with van der Waals surface area (Å²) in [5.41, 5.74) is 2.46. The van der Waals surface area contributed by atoms with Crippen molar-refractivity contribution in [3.05, 3.63) is 56.9 Å². The molecule has 0 atom stereocenters. The minimum absolute atomic E-state index is 0.179. The number of rotatable bonds is 7. The van der Waals surface area contributed by atoms with Gasteiger partial charge in [-0.2, -0.15) is 0 Å². The van der Waals surface area contributed by atoms with Crippen molar-refractivity contribution in [1.29, 1.82) is 0 Å². The van der Waals surface area contributed by atoms with Crippen LogP contribution in [-0.4, -0.2) is 36.5 Å². The molecule has 0 radical (unpaired) electrons. The van der Waals surface area contributed by atoms with Crippen LogP contribution < -0.4 is 14.4 Å². The lowest BCUT2D eigenvalue weighted by atomic mass is 10.1. The first-order valence-electron chi connectivity index (χ1n) is 9.35. The van der Waals surface area contributed by atoms with Crippen LogP contribution in [0.25, 0.3) is 6.08 Å². The molecule has 0 bridgehead atoms. The molecule has 0 saturated carbocycles. The highest BCUT2D eigenvalue weighted by molar-refractivity contribution is 9.10. The van der Waals surface area contributed by atoms with E-state index in [1.807, 2.05) is 31.2 Å². The molecular formula is C22H20BrNO5S2. The molecule has 6 nitrogen and oxygen atoms in total. The smallest absolute Gasteiger partial charge is 0.344 e. The van der Waals surface area contributed by atoms with Crippen LogP contribution in [0.2, 0.25) is 0 Å². The van der Waals surface area contributed by atoms with E-state index in [-0.39, 0.29) is 19.1 Å². The monoisotopic (exact) mass is 521 g/mol. The summed E-state index contributed by atoms with van der Waals surface area (Å²) in [4.78, 5) is 26.7. The normalized spacial score (nSPS) is 14.8. The summed E-state index contributed by atoms with van der Waals surface area (Å²) >= 11 is 10.1. The number of nitrogens with zero attached hydrogens (tertiary/aromatic N) is 1. The van der Waals surface area contributed by atoms with E-state index in [1.54, 1.807) is 30.0 Å². The Morgan fingerprint density at radius 3 is 2.71 bits per heavy atom. The van der Waals surface area contributed by atoms with Gasteiger partial charge in [-0.25, -0.2) is 4.79 Å². The average Bonchev–Trinajstić information content (AvgIpc) is 3.00. The number of thioether (sulfide) groups is 1. The van der Waals surface area contributed by atoms with Crippen LogP contribution in [0.5, 0.6) is 11.5 Å². The van der Waals surface area contributed by atoms with Gasteiger partial charge in [0.05, 0.1) is 28.8 Å². The number of hydrogen-bond donors (Lipinski definition) is 0. The highest BCUT2D eigenvalue weighted by Crippen LogP contribution is 2.40. The maximum atomic E-state index is 13.0. The van der Waals surface area contributed by atoms with Crippen LogP contribution in [0, 0.1) is 6.92 Å². The molecule has 0 N–H and O–H groups in total. The van der Waals surface area contributed by atoms with E-state index in [0.29, 0.717) is 25.2 Å². The topological polar surface area (TPSA) is 65.1 Å². The summed E-state index contributed by atoms with van der Waals surface area (Å²) in [6, 6.07) is 11.1. The Balaban J connectivity index is 1.87. The average molecular weight is 522 g/mol. The second kappa shape index (κ2) is 10.3. The SMILES string of the molecule is CCOC(=O)COc1c(Br)cc(/C=C2/SC(=S)N(c3ccccc3C)C2=O)cc1OC. The zero-order chi connectivity index (χ0) is 22.5. The molecule has 1 amide bonds. The fourth-order valence-electron chi connectivity index (χ4n) is 2.94. The van der Waals surface area contributed by atoms with Gasteiger partial charge in [-0.15, -0.1) is 0 Å². The quantitative estimate of drug-likeness (QED) is 0.284. The first kappa shape index (κ1) is 23.3. The van der Waals surface area contributed by atoms with Gasteiger partial charge >= 0.3 is 5.97 Å². The molecule has 1 aliphatic heterocycles. The summed E-state index contributed by atoms with van der Waals surface area (Å²) < 4.78 is 16.9. The molecule has 0 spiro atoms. The van der Waals surface area contributed by atoms with E-state index in [0.717, 1.165) is 16.8 Å². The Kier molecular flexibility index (Phi) is 7.74. The van der Waals surface area contributed by atoms with Crippen molar-refractivity contribution in [1.82, 2.24) is 0 Å². The number of para-hydroxylation sites is 1. The zero-order valence-electron chi connectivity index (χ0n) is 17.1. The van der Waals surface area contributed by atoms with E-state index in [9.17, 15) is 9.59 Å². The number of ether oxygens (including phenoxy) is 3. The molecule has 1 saturated heterocycles. The number of carbonyl (C=O) groups is 2. The Hall–Kier alpha value is -2.36.